The second-order valence-corrected chi connectivity index (χ2v) is 11.0. The topological polar surface area (TPSA) is 63.6 Å². The average Bonchev–Trinajstić information content (AvgIpc) is 3.47. The Morgan fingerprint density at radius 2 is 2.00 bits per heavy atom. The van der Waals surface area contributed by atoms with Crippen LogP contribution in [0.4, 0.5) is 0 Å². The van der Waals surface area contributed by atoms with Gasteiger partial charge in [-0.3, -0.25) is 9.59 Å². The van der Waals surface area contributed by atoms with Crippen LogP contribution in [0.5, 0.6) is 5.75 Å². The van der Waals surface area contributed by atoms with Crippen molar-refractivity contribution in [3.63, 3.8) is 0 Å². The van der Waals surface area contributed by atoms with Crippen molar-refractivity contribution in [2.45, 2.75) is 76.9 Å². The number of hydrogen-bond acceptors (Lipinski definition) is 4. The number of ether oxygens (including phenoxy) is 1. The lowest BCUT2D eigenvalue weighted by atomic mass is 9.91. The normalized spacial score (nSPS) is 20.8. The van der Waals surface area contributed by atoms with E-state index in [4.69, 9.17) is 4.74 Å². The molecule has 7 heteroatoms. The van der Waals surface area contributed by atoms with E-state index in [1.165, 1.54) is 6.42 Å². The summed E-state index contributed by atoms with van der Waals surface area (Å²) >= 11 is 1.63. The fourth-order valence-corrected chi connectivity index (χ4v) is 6.54. The van der Waals surface area contributed by atoms with Crippen LogP contribution in [0.3, 0.4) is 0 Å². The molecule has 3 heterocycles. The highest BCUT2D eigenvalue weighted by molar-refractivity contribution is 7.17. The van der Waals surface area contributed by atoms with Gasteiger partial charge in [-0.2, -0.15) is 0 Å². The first-order valence-corrected chi connectivity index (χ1v) is 13.7. The molecule has 2 amide bonds. The van der Waals surface area contributed by atoms with E-state index in [1.54, 1.807) is 18.4 Å². The molecule has 6 nitrogen and oxygen atoms in total. The van der Waals surface area contributed by atoms with Crippen molar-refractivity contribution in [1.82, 2.24) is 14.8 Å². The largest absolute Gasteiger partial charge is 0.496 e. The molecule has 1 aromatic carbocycles. The van der Waals surface area contributed by atoms with E-state index >= 15 is 0 Å². The van der Waals surface area contributed by atoms with Crippen LogP contribution in [-0.2, 0) is 24.2 Å². The number of thiophene rings is 1. The van der Waals surface area contributed by atoms with Crippen LogP contribution in [0, 0.1) is 0 Å². The standard InChI is InChI=1S/C28H35N3O3S/c1-4-20-16-19(10-11-24(20)34-3)12-14-31-26(32)23-17-25-22(13-15-35-25)30(23)18-28(31,2)27(33)29-21-8-6-5-7-9-21/h10-11,13,15-17,21H,4-9,12,14,18H2,1-3H3,(H,29,33). The molecule has 0 radical (unpaired) electrons. The number of hydrogen-bond donors (Lipinski definition) is 1. The Balaban J connectivity index is 1.45. The van der Waals surface area contributed by atoms with Crippen LogP contribution in [-0.4, -0.2) is 46.5 Å². The zero-order valence-corrected chi connectivity index (χ0v) is 21.7. The Hall–Kier alpha value is -2.80. The number of nitrogens with zero attached hydrogens (tertiary/aromatic N) is 2. The molecule has 1 atom stereocenters. The number of amides is 2. The highest BCUT2D eigenvalue weighted by atomic mass is 32.1. The molecule has 2 aliphatic rings. The van der Waals surface area contributed by atoms with Crippen LogP contribution < -0.4 is 10.1 Å². The molecule has 1 unspecified atom stereocenters. The molecule has 1 saturated carbocycles. The van der Waals surface area contributed by atoms with Gasteiger partial charge in [-0.05, 0) is 67.3 Å². The van der Waals surface area contributed by atoms with E-state index in [1.807, 2.05) is 33.9 Å². The van der Waals surface area contributed by atoms with E-state index < -0.39 is 5.54 Å². The number of nitrogens with one attached hydrogen (secondary N) is 1. The molecule has 1 aliphatic carbocycles. The maximum atomic E-state index is 13.9. The van der Waals surface area contributed by atoms with Gasteiger partial charge in [0.05, 0.1) is 23.9 Å². The predicted octanol–water partition coefficient (Wildman–Crippen LogP) is 5.18. The van der Waals surface area contributed by atoms with Crippen molar-refractivity contribution >= 4 is 33.4 Å². The van der Waals surface area contributed by atoms with E-state index in [9.17, 15) is 9.59 Å². The fourth-order valence-electron chi connectivity index (χ4n) is 5.72. The molecule has 1 fully saturated rings. The highest BCUT2D eigenvalue weighted by Crippen LogP contribution is 2.35. The molecule has 3 aromatic rings. The lowest BCUT2D eigenvalue weighted by Gasteiger charge is -2.45. The van der Waals surface area contributed by atoms with Crippen molar-refractivity contribution in [1.29, 1.82) is 0 Å². The Bertz CT molecular complexity index is 1240. The van der Waals surface area contributed by atoms with Gasteiger partial charge in [0.25, 0.3) is 5.91 Å². The van der Waals surface area contributed by atoms with Crippen molar-refractivity contribution < 1.29 is 14.3 Å². The second-order valence-electron chi connectivity index (χ2n) is 10.1. The molecule has 5 rings (SSSR count). The molecule has 0 saturated heterocycles. The van der Waals surface area contributed by atoms with Gasteiger partial charge in [-0.15, -0.1) is 11.3 Å². The smallest absolute Gasteiger partial charge is 0.271 e. The SMILES string of the molecule is CCc1cc(CCN2C(=O)c3cc4sccc4n3CC2(C)C(=O)NC2CCCCC2)ccc1OC. The number of aryl methyl sites for hydroxylation is 1. The van der Waals surface area contributed by atoms with E-state index in [-0.39, 0.29) is 17.9 Å². The maximum Gasteiger partial charge on any atom is 0.271 e. The van der Waals surface area contributed by atoms with Gasteiger partial charge in [0.2, 0.25) is 5.91 Å². The zero-order chi connectivity index (χ0) is 24.6. The van der Waals surface area contributed by atoms with Gasteiger partial charge in [0.15, 0.2) is 0 Å². The van der Waals surface area contributed by atoms with Crippen molar-refractivity contribution in [2.75, 3.05) is 13.7 Å². The summed E-state index contributed by atoms with van der Waals surface area (Å²) in [5.41, 5.74) is 3.07. The molecule has 2 aromatic heterocycles. The van der Waals surface area contributed by atoms with Gasteiger partial charge < -0.3 is 19.5 Å². The molecular formula is C28H35N3O3S. The fraction of sp³-hybridized carbons (Fsp3) is 0.500. The van der Waals surface area contributed by atoms with Crippen molar-refractivity contribution in [3.8, 4) is 5.75 Å². The summed E-state index contributed by atoms with van der Waals surface area (Å²) in [6.07, 6.45) is 7.14. The first kappa shape index (κ1) is 23.9. The van der Waals surface area contributed by atoms with Crippen LogP contribution in [0.2, 0.25) is 0 Å². The minimum absolute atomic E-state index is 0.0375. The third kappa shape index (κ3) is 4.35. The summed E-state index contributed by atoms with van der Waals surface area (Å²) in [7, 11) is 1.69. The third-order valence-electron chi connectivity index (χ3n) is 7.83. The number of benzene rings is 1. The zero-order valence-electron chi connectivity index (χ0n) is 20.9. The Morgan fingerprint density at radius 1 is 1.20 bits per heavy atom. The predicted molar refractivity (Wildman–Crippen MR) is 140 cm³/mol. The van der Waals surface area contributed by atoms with Crippen molar-refractivity contribution in [2.24, 2.45) is 0 Å². The summed E-state index contributed by atoms with van der Waals surface area (Å²) in [6, 6.07) is 10.5. The molecule has 35 heavy (non-hydrogen) atoms. The third-order valence-corrected chi connectivity index (χ3v) is 8.68. The molecule has 1 N–H and O–H groups in total. The first-order valence-electron chi connectivity index (χ1n) is 12.8. The summed E-state index contributed by atoms with van der Waals surface area (Å²) in [5.74, 6) is 0.787. The summed E-state index contributed by atoms with van der Waals surface area (Å²) < 4.78 is 8.62. The van der Waals surface area contributed by atoms with Gasteiger partial charge >= 0.3 is 0 Å². The summed E-state index contributed by atoms with van der Waals surface area (Å²) in [6.45, 7) is 5.01. The van der Waals surface area contributed by atoms with Crippen LogP contribution in [0.25, 0.3) is 10.2 Å². The van der Waals surface area contributed by atoms with Crippen LogP contribution in [0.15, 0.2) is 35.7 Å². The number of aromatic nitrogens is 1. The summed E-state index contributed by atoms with van der Waals surface area (Å²) in [5, 5.41) is 5.36. The van der Waals surface area contributed by atoms with E-state index in [2.05, 4.69) is 30.4 Å². The quantitative estimate of drug-likeness (QED) is 0.493. The van der Waals surface area contributed by atoms with Gasteiger partial charge in [0.1, 0.15) is 17.0 Å². The number of carbonyl (C=O) groups is 2. The lowest BCUT2D eigenvalue weighted by Crippen LogP contribution is -2.65. The second kappa shape index (κ2) is 9.69. The molecule has 0 spiro atoms. The van der Waals surface area contributed by atoms with Gasteiger partial charge in [-0.25, -0.2) is 0 Å². The monoisotopic (exact) mass is 493 g/mol. The minimum Gasteiger partial charge on any atom is -0.496 e. The highest BCUT2D eigenvalue weighted by Gasteiger charge is 2.48. The number of carbonyl (C=O) groups excluding carboxylic acids is 2. The summed E-state index contributed by atoms with van der Waals surface area (Å²) in [4.78, 5) is 29.5. The molecule has 0 bridgehead atoms. The van der Waals surface area contributed by atoms with E-state index in [0.717, 1.165) is 59.2 Å². The number of fused-ring (bicyclic) bond motifs is 3. The Kier molecular flexibility index (Phi) is 6.62. The lowest BCUT2D eigenvalue weighted by molar-refractivity contribution is -0.133. The number of methoxy groups -OCH3 is 1. The van der Waals surface area contributed by atoms with Crippen LogP contribution in [0.1, 0.15) is 67.6 Å². The van der Waals surface area contributed by atoms with Crippen molar-refractivity contribution in [3.05, 3.63) is 52.5 Å². The average molecular weight is 494 g/mol. The minimum atomic E-state index is -0.949. The van der Waals surface area contributed by atoms with Gasteiger partial charge in [0, 0.05) is 12.6 Å². The van der Waals surface area contributed by atoms with E-state index in [0.29, 0.717) is 25.2 Å². The molecular weight excluding hydrogens is 458 g/mol. The van der Waals surface area contributed by atoms with Gasteiger partial charge in [-0.1, -0.05) is 38.3 Å². The van der Waals surface area contributed by atoms with Crippen LogP contribution >= 0.6 is 11.3 Å². The Morgan fingerprint density at radius 3 is 2.74 bits per heavy atom. The Labute approximate surface area is 211 Å². The first-order chi connectivity index (χ1) is 16.9. The maximum absolute atomic E-state index is 13.9. The number of rotatable bonds is 7. The molecule has 186 valence electrons. The molecule has 1 aliphatic heterocycles.